The van der Waals surface area contributed by atoms with Gasteiger partial charge in [-0.25, -0.2) is 0 Å². The van der Waals surface area contributed by atoms with Crippen molar-refractivity contribution in [3.05, 3.63) is 47.8 Å². The molecule has 0 fully saturated rings. The van der Waals surface area contributed by atoms with Crippen LogP contribution in [-0.2, 0) is 13.5 Å². The fourth-order valence-electron chi connectivity index (χ4n) is 1.93. The Morgan fingerprint density at radius 1 is 1.50 bits per heavy atom. The van der Waals surface area contributed by atoms with E-state index in [1.807, 2.05) is 37.6 Å². The maximum atomic E-state index is 5.61. The Morgan fingerprint density at radius 2 is 2.33 bits per heavy atom. The fraction of sp³-hybridized carbons (Fsp3) is 0.308. The number of nitrogens with two attached hydrogens (primary N) is 1. The summed E-state index contributed by atoms with van der Waals surface area (Å²) in [5, 5.41) is 4.16. The van der Waals surface area contributed by atoms with Crippen LogP contribution >= 0.6 is 0 Å². The number of benzene rings is 1. The minimum absolute atomic E-state index is 0.0470. The van der Waals surface area contributed by atoms with Crippen LogP contribution in [0.15, 0.2) is 36.7 Å². The van der Waals surface area contributed by atoms with Gasteiger partial charge in [0.05, 0.1) is 19.3 Å². The standard InChI is InChI=1S/C13H18N4O/c1-17-9-11(8-15-17)13(16-14)7-10-4-3-5-12(6-10)18-2/h3-6,8-9,13,16H,7,14H2,1-2H3. The average Bonchev–Trinajstić information content (AvgIpc) is 2.82. The molecule has 1 heterocycles. The van der Waals surface area contributed by atoms with Gasteiger partial charge in [0.25, 0.3) is 0 Å². The molecule has 1 atom stereocenters. The highest BCUT2D eigenvalue weighted by Gasteiger charge is 2.12. The smallest absolute Gasteiger partial charge is 0.119 e. The number of methoxy groups -OCH3 is 1. The van der Waals surface area contributed by atoms with Crippen molar-refractivity contribution in [2.75, 3.05) is 7.11 Å². The predicted molar refractivity (Wildman–Crippen MR) is 70.0 cm³/mol. The molecule has 18 heavy (non-hydrogen) atoms. The molecule has 0 saturated heterocycles. The van der Waals surface area contributed by atoms with E-state index in [2.05, 4.69) is 16.6 Å². The van der Waals surface area contributed by atoms with Crippen molar-refractivity contribution in [1.29, 1.82) is 0 Å². The van der Waals surface area contributed by atoms with Crippen molar-refractivity contribution in [3.8, 4) is 5.75 Å². The van der Waals surface area contributed by atoms with Crippen molar-refractivity contribution in [2.45, 2.75) is 12.5 Å². The van der Waals surface area contributed by atoms with Crippen LogP contribution in [0.25, 0.3) is 0 Å². The molecular weight excluding hydrogens is 228 g/mol. The Bertz CT molecular complexity index is 509. The lowest BCUT2D eigenvalue weighted by molar-refractivity contribution is 0.414. The molecule has 0 spiro atoms. The van der Waals surface area contributed by atoms with Crippen LogP contribution in [0.3, 0.4) is 0 Å². The number of hydrogen-bond donors (Lipinski definition) is 2. The van der Waals surface area contributed by atoms with Crippen LogP contribution < -0.4 is 16.0 Å². The summed E-state index contributed by atoms with van der Waals surface area (Å²) in [4.78, 5) is 0. The summed E-state index contributed by atoms with van der Waals surface area (Å²) in [6, 6.07) is 8.03. The largest absolute Gasteiger partial charge is 0.497 e. The molecule has 0 radical (unpaired) electrons. The van der Waals surface area contributed by atoms with Crippen LogP contribution in [0.2, 0.25) is 0 Å². The van der Waals surface area contributed by atoms with Gasteiger partial charge in [-0.3, -0.25) is 16.0 Å². The lowest BCUT2D eigenvalue weighted by Gasteiger charge is -2.14. The molecule has 0 bridgehead atoms. The minimum Gasteiger partial charge on any atom is -0.497 e. The zero-order chi connectivity index (χ0) is 13.0. The summed E-state index contributed by atoms with van der Waals surface area (Å²) < 4.78 is 6.98. The molecule has 3 N–H and O–H groups in total. The molecule has 1 unspecified atom stereocenters. The van der Waals surface area contributed by atoms with E-state index in [0.717, 1.165) is 17.7 Å². The van der Waals surface area contributed by atoms with E-state index in [-0.39, 0.29) is 6.04 Å². The first-order valence-electron chi connectivity index (χ1n) is 5.80. The summed E-state index contributed by atoms with van der Waals surface area (Å²) in [6.07, 6.45) is 4.58. The Balaban J connectivity index is 2.14. The maximum Gasteiger partial charge on any atom is 0.119 e. The summed E-state index contributed by atoms with van der Waals surface area (Å²) >= 11 is 0. The summed E-state index contributed by atoms with van der Waals surface area (Å²) in [5.41, 5.74) is 5.06. The van der Waals surface area contributed by atoms with E-state index in [0.29, 0.717) is 0 Å². The summed E-state index contributed by atoms with van der Waals surface area (Å²) in [7, 11) is 3.56. The summed E-state index contributed by atoms with van der Waals surface area (Å²) in [6.45, 7) is 0. The lowest BCUT2D eigenvalue weighted by Crippen LogP contribution is -2.29. The van der Waals surface area contributed by atoms with Gasteiger partial charge in [-0.2, -0.15) is 5.10 Å². The molecule has 1 aromatic heterocycles. The first-order chi connectivity index (χ1) is 8.72. The maximum absolute atomic E-state index is 5.61. The molecule has 1 aromatic carbocycles. The van der Waals surface area contributed by atoms with Crippen LogP contribution in [-0.4, -0.2) is 16.9 Å². The van der Waals surface area contributed by atoms with Gasteiger partial charge < -0.3 is 4.74 Å². The van der Waals surface area contributed by atoms with Gasteiger partial charge in [0.2, 0.25) is 0 Å². The molecule has 0 aliphatic rings. The zero-order valence-corrected chi connectivity index (χ0v) is 10.6. The fourth-order valence-corrected chi connectivity index (χ4v) is 1.93. The van der Waals surface area contributed by atoms with Gasteiger partial charge in [-0.05, 0) is 24.1 Å². The molecule has 0 saturated carbocycles. The molecule has 0 aliphatic heterocycles. The van der Waals surface area contributed by atoms with Crippen LogP contribution in [0, 0.1) is 0 Å². The van der Waals surface area contributed by atoms with Gasteiger partial charge in [0.1, 0.15) is 5.75 Å². The third-order valence-corrected chi connectivity index (χ3v) is 2.90. The lowest BCUT2D eigenvalue weighted by atomic mass is 10.0. The predicted octanol–water partition coefficient (Wildman–Crippen LogP) is 1.18. The van der Waals surface area contributed by atoms with Gasteiger partial charge >= 0.3 is 0 Å². The van der Waals surface area contributed by atoms with Crippen LogP contribution in [0.1, 0.15) is 17.2 Å². The second kappa shape index (κ2) is 5.66. The number of ether oxygens (including phenoxy) is 1. The van der Waals surface area contributed by atoms with E-state index in [9.17, 15) is 0 Å². The Morgan fingerprint density at radius 3 is 2.94 bits per heavy atom. The quantitative estimate of drug-likeness (QED) is 0.614. The van der Waals surface area contributed by atoms with Crippen molar-refractivity contribution in [1.82, 2.24) is 15.2 Å². The number of hydrogen-bond acceptors (Lipinski definition) is 4. The highest BCUT2D eigenvalue weighted by Crippen LogP contribution is 2.20. The first kappa shape index (κ1) is 12.6. The Hall–Kier alpha value is -1.85. The van der Waals surface area contributed by atoms with Crippen molar-refractivity contribution in [3.63, 3.8) is 0 Å². The third-order valence-electron chi connectivity index (χ3n) is 2.90. The number of nitrogens with one attached hydrogen (secondary N) is 1. The number of rotatable bonds is 5. The molecule has 2 aromatic rings. The normalized spacial score (nSPS) is 12.4. The second-order valence-electron chi connectivity index (χ2n) is 4.22. The molecule has 0 amide bonds. The van der Waals surface area contributed by atoms with E-state index in [1.54, 1.807) is 11.8 Å². The summed E-state index contributed by atoms with van der Waals surface area (Å²) in [5.74, 6) is 6.47. The molecule has 5 heteroatoms. The third kappa shape index (κ3) is 2.88. The highest BCUT2D eigenvalue weighted by atomic mass is 16.5. The Kier molecular flexibility index (Phi) is 3.96. The SMILES string of the molecule is COc1cccc(CC(NN)c2cnn(C)c2)c1. The van der Waals surface area contributed by atoms with Crippen molar-refractivity contribution < 1.29 is 4.74 Å². The number of hydrazine groups is 1. The van der Waals surface area contributed by atoms with Gasteiger partial charge in [-0.1, -0.05) is 12.1 Å². The van der Waals surface area contributed by atoms with Gasteiger partial charge in [-0.15, -0.1) is 0 Å². The van der Waals surface area contributed by atoms with E-state index < -0.39 is 0 Å². The monoisotopic (exact) mass is 246 g/mol. The van der Waals surface area contributed by atoms with E-state index in [1.165, 1.54) is 5.56 Å². The van der Waals surface area contributed by atoms with Crippen molar-refractivity contribution in [2.24, 2.45) is 12.9 Å². The van der Waals surface area contributed by atoms with Crippen LogP contribution in [0.5, 0.6) is 5.75 Å². The van der Waals surface area contributed by atoms with E-state index in [4.69, 9.17) is 10.6 Å². The number of nitrogens with zero attached hydrogens (tertiary/aromatic N) is 2. The molecule has 2 rings (SSSR count). The molecule has 5 nitrogen and oxygen atoms in total. The van der Waals surface area contributed by atoms with E-state index >= 15 is 0 Å². The highest BCUT2D eigenvalue weighted by molar-refractivity contribution is 5.30. The van der Waals surface area contributed by atoms with Crippen LogP contribution in [0.4, 0.5) is 0 Å². The molecule has 96 valence electrons. The first-order valence-corrected chi connectivity index (χ1v) is 5.80. The number of aromatic nitrogens is 2. The van der Waals surface area contributed by atoms with Gasteiger partial charge in [0.15, 0.2) is 0 Å². The average molecular weight is 246 g/mol. The van der Waals surface area contributed by atoms with Crippen molar-refractivity contribution >= 4 is 0 Å². The number of aryl methyl sites for hydroxylation is 1. The zero-order valence-electron chi connectivity index (χ0n) is 10.6. The Labute approximate surface area is 107 Å². The molecule has 0 aliphatic carbocycles. The minimum atomic E-state index is 0.0470. The van der Waals surface area contributed by atoms with Gasteiger partial charge in [0, 0.05) is 18.8 Å². The second-order valence-corrected chi connectivity index (χ2v) is 4.22. The topological polar surface area (TPSA) is 65.1 Å². The molecular formula is C13H18N4O.